The lowest BCUT2D eigenvalue weighted by atomic mass is 9.98. The smallest absolute Gasteiger partial charge is 0.312 e. The van der Waals surface area contributed by atoms with E-state index in [1.54, 1.807) is 0 Å². The van der Waals surface area contributed by atoms with Crippen LogP contribution >= 0.6 is 0 Å². The summed E-state index contributed by atoms with van der Waals surface area (Å²) in [5, 5.41) is 5.90. The van der Waals surface area contributed by atoms with E-state index in [0.29, 0.717) is 13.1 Å². The maximum Gasteiger partial charge on any atom is 0.312 e. The Labute approximate surface area is 125 Å². The molecule has 0 bridgehead atoms. The van der Waals surface area contributed by atoms with Gasteiger partial charge < -0.3 is 26.0 Å². The number of primary amides is 1. The Morgan fingerprint density at radius 3 is 2.76 bits per heavy atom. The van der Waals surface area contributed by atoms with Crippen molar-refractivity contribution in [2.24, 2.45) is 11.7 Å². The largest absolute Gasteiger partial charge is 0.368 e. The molecular formula is C14H26N4O3. The van der Waals surface area contributed by atoms with Crippen molar-refractivity contribution in [2.45, 2.75) is 31.8 Å². The molecule has 4 N–H and O–H groups in total. The molecule has 7 nitrogen and oxygen atoms in total. The van der Waals surface area contributed by atoms with Gasteiger partial charge in [0.25, 0.3) is 0 Å². The first-order chi connectivity index (χ1) is 10.1. The fraction of sp³-hybridized carbons (Fsp3) is 0.857. The van der Waals surface area contributed by atoms with Gasteiger partial charge in [0, 0.05) is 19.6 Å². The number of nitrogens with zero attached hydrogens (tertiary/aromatic N) is 1. The normalized spacial score (nSPS) is 23.8. The number of nitrogens with two attached hydrogens (primary N) is 1. The Balaban J connectivity index is 1.69. The summed E-state index contributed by atoms with van der Waals surface area (Å²) in [6.07, 6.45) is 4.12. The Bertz CT molecular complexity index is 358. The van der Waals surface area contributed by atoms with Crippen LogP contribution < -0.4 is 16.4 Å². The number of rotatable bonds is 5. The molecule has 21 heavy (non-hydrogen) atoms. The van der Waals surface area contributed by atoms with E-state index in [1.165, 1.54) is 0 Å². The first-order valence-electron chi connectivity index (χ1n) is 7.78. The van der Waals surface area contributed by atoms with Crippen molar-refractivity contribution in [3.8, 4) is 0 Å². The minimum absolute atomic E-state index is 0.0531. The minimum atomic E-state index is -0.507. The Hall–Kier alpha value is -1.34. The summed E-state index contributed by atoms with van der Waals surface area (Å²) in [6, 6.07) is -0.507. The number of carbonyl (C=O) groups excluding carboxylic acids is 2. The van der Waals surface area contributed by atoms with Crippen LogP contribution in [-0.2, 0) is 9.53 Å². The van der Waals surface area contributed by atoms with Gasteiger partial charge in [0.15, 0.2) is 0 Å². The van der Waals surface area contributed by atoms with Crippen LogP contribution in [0.5, 0.6) is 0 Å². The first-order valence-corrected chi connectivity index (χ1v) is 7.78. The van der Waals surface area contributed by atoms with Crippen LogP contribution in [0.25, 0.3) is 0 Å². The maximum atomic E-state index is 12.2. The second-order valence-electron chi connectivity index (χ2n) is 5.85. The number of hydrogen-bond donors (Lipinski definition) is 3. The van der Waals surface area contributed by atoms with Crippen molar-refractivity contribution in [1.29, 1.82) is 0 Å². The molecule has 0 spiro atoms. The van der Waals surface area contributed by atoms with E-state index < -0.39 is 6.03 Å². The molecule has 2 rings (SSSR count). The lowest BCUT2D eigenvalue weighted by molar-refractivity contribution is -0.140. The molecule has 1 unspecified atom stereocenters. The van der Waals surface area contributed by atoms with E-state index in [4.69, 9.17) is 10.5 Å². The van der Waals surface area contributed by atoms with Crippen molar-refractivity contribution >= 4 is 11.9 Å². The molecule has 2 saturated heterocycles. The number of nitrogens with one attached hydrogen (secondary N) is 2. The zero-order valence-electron chi connectivity index (χ0n) is 12.5. The standard InChI is InChI=1S/C14H26N4O3/c15-14(20)17-8-11-2-1-7-18(9-11)13(19)10-21-12-3-5-16-6-4-12/h11-12,16H,1-10H2,(H3,15,17,20). The highest BCUT2D eigenvalue weighted by Gasteiger charge is 2.24. The predicted molar refractivity (Wildman–Crippen MR) is 78.7 cm³/mol. The van der Waals surface area contributed by atoms with Crippen molar-refractivity contribution in [3.63, 3.8) is 0 Å². The molecule has 0 aromatic carbocycles. The van der Waals surface area contributed by atoms with E-state index in [2.05, 4.69) is 10.6 Å². The fourth-order valence-corrected chi connectivity index (χ4v) is 2.95. The number of amides is 3. The molecule has 1 atom stereocenters. The molecule has 120 valence electrons. The molecule has 0 radical (unpaired) electrons. The molecule has 0 saturated carbocycles. The lowest BCUT2D eigenvalue weighted by Crippen LogP contribution is -2.46. The average molecular weight is 298 g/mol. The van der Waals surface area contributed by atoms with Gasteiger partial charge in [0.2, 0.25) is 5.91 Å². The third-order valence-corrected chi connectivity index (χ3v) is 4.17. The first kappa shape index (κ1) is 16.0. The van der Waals surface area contributed by atoms with E-state index >= 15 is 0 Å². The molecule has 2 heterocycles. The lowest BCUT2D eigenvalue weighted by Gasteiger charge is -2.33. The monoisotopic (exact) mass is 298 g/mol. The average Bonchev–Trinajstić information content (AvgIpc) is 2.52. The number of urea groups is 1. The van der Waals surface area contributed by atoms with Crippen LogP contribution in [0.1, 0.15) is 25.7 Å². The van der Waals surface area contributed by atoms with Crippen molar-refractivity contribution < 1.29 is 14.3 Å². The van der Waals surface area contributed by atoms with Gasteiger partial charge in [0.05, 0.1) is 6.10 Å². The van der Waals surface area contributed by atoms with Crippen molar-refractivity contribution in [1.82, 2.24) is 15.5 Å². The Kier molecular flexibility index (Phi) is 6.25. The van der Waals surface area contributed by atoms with Crippen LogP contribution in [0.2, 0.25) is 0 Å². The minimum Gasteiger partial charge on any atom is -0.368 e. The highest BCUT2D eigenvalue weighted by molar-refractivity contribution is 5.77. The molecule has 7 heteroatoms. The maximum absolute atomic E-state index is 12.2. The van der Waals surface area contributed by atoms with E-state index in [9.17, 15) is 9.59 Å². The second kappa shape index (κ2) is 8.19. The van der Waals surface area contributed by atoms with Gasteiger partial charge in [-0.3, -0.25) is 4.79 Å². The second-order valence-corrected chi connectivity index (χ2v) is 5.85. The summed E-state index contributed by atoms with van der Waals surface area (Å²) in [7, 11) is 0. The molecule has 0 aromatic rings. The molecule has 2 aliphatic rings. The predicted octanol–water partition coefficient (Wildman–Crippen LogP) is -0.338. The highest BCUT2D eigenvalue weighted by atomic mass is 16.5. The molecule has 0 aliphatic carbocycles. The summed E-state index contributed by atoms with van der Waals surface area (Å²) < 4.78 is 5.71. The number of piperidine rings is 2. The molecule has 3 amide bonds. The van der Waals surface area contributed by atoms with Crippen LogP contribution in [0, 0.1) is 5.92 Å². The highest BCUT2D eigenvalue weighted by Crippen LogP contribution is 2.16. The molecule has 2 fully saturated rings. The quantitative estimate of drug-likeness (QED) is 0.647. The van der Waals surface area contributed by atoms with Gasteiger partial charge in [0.1, 0.15) is 6.61 Å². The van der Waals surface area contributed by atoms with Crippen molar-refractivity contribution in [2.75, 3.05) is 39.3 Å². The van der Waals surface area contributed by atoms with Gasteiger partial charge >= 0.3 is 6.03 Å². The topological polar surface area (TPSA) is 96.7 Å². The number of likely N-dealkylation sites (tertiary alicyclic amines) is 1. The zero-order valence-corrected chi connectivity index (χ0v) is 12.5. The summed E-state index contributed by atoms with van der Waals surface area (Å²) in [4.78, 5) is 24.8. The third kappa shape index (κ3) is 5.51. The summed E-state index contributed by atoms with van der Waals surface area (Å²) in [5.74, 6) is 0.339. The van der Waals surface area contributed by atoms with Crippen LogP contribution in [0.15, 0.2) is 0 Å². The molecule has 2 aliphatic heterocycles. The van der Waals surface area contributed by atoms with Gasteiger partial charge in [-0.15, -0.1) is 0 Å². The summed E-state index contributed by atoms with van der Waals surface area (Å²) in [5.41, 5.74) is 5.08. The van der Waals surface area contributed by atoms with Gasteiger partial charge in [-0.2, -0.15) is 0 Å². The van der Waals surface area contributed by atoms with E-state index in [-0.39, 0.29) is 24.5 Å². The van der Waals surface area contributed by atoms with Crippen LogP contribution in [0.3, 0.4) is 0 Å². The zero-order chi connectivity index (χ0) is 15.1. The van der Waals surface area contributed by atoms with Gasteiger partial charge in [-0.1, -0.05) is 0 Å². The fourth-order valence-electron chi connectivity index (χ4n) is 2.95. The number of carbonyl (C=O) groups is 2. The summed E-state index contributed by atoms with van der Waals surface area (Å²) >= 11 is 0. The molecular weight excluding hydrogens is 272 g/mol. The van der Waals surface area contributed by atoms with Crippen molar-refractivity contribution in [3.05, 3.63) is 0 Å². The van der Waals surface area contributed by atoms with Gasteiger partial charge in [-0.05, 0) is 44.7 Å². The van der Waals surface area contributed by atoms with Gasteiger partial charge in [-0.25, -0.2) is 4.79 Å². The van der Waals surface area contributed by atoms with Crippen LogP contribution in [-0.4, -0.2) is 62.3 Å². The number of ether oxygens (including phenoxy) is 1. The summed E-state index contributed by atoms with van der Waals surface area (Å²) in [6.45, 7) is 4.08. The Morgan fingerprint density at radius 1 is 1.29 bits per heavy atom. The van der Waals surface area contributed by atoms with Crippen LogP contribution in [0.4, 0.5) is 4.79 Å². The molecule has 0 aromatic heterocycles. The third-order valence-electron chi connectivity index (χ3n) is 4.17. The van der Waals surface area contributed by atoms with E-state index in [1.807, 2.05) is 4.90 Å². The van der Waals surface area contributed by atoms with E-state index in [0.717, 1.165) is 45.3 Å². The SMILES string of the molecule is NC(=O)NCC1CCCN(C(=O)COC2CCNCC2)C1. The number of hydrogen-bond acceptors (Lipinski definition) is 4. The Morgan fingerprint density at radius 2 is 2.05 bits per heavy atom.